The van der Waals surface area contributed by atoms with Gasteiger partial charge in [-0.05, 0) is 63.4 Å². The van der Waals surface area contributed by atoms with Crippen LogP contribution in [0.15, 0.2) is 42.5 Å². The summed E-state index contributed by atoms with van der Waals surface area (Å²) < 4.78 is 47.8. The number of alkyl halides is 3. The number of urea groups is 1. The number of likely N-dealkylation sites (tertiary alicyclic amines) is 1. The zero-order valence-corrected chi connectivity index (χ0v) is 22.1. The highest BCUT2D eigenvalue weighted by Crippen LogP contribution is 2.43. The van der Waals surface area contributed by atoms with Crippen LogP contribution in [0.5, 0.6) is 5.75 Å². The number of halogens is 4. The van der Waals surface area contributed by atoms with Gasteiger partial charge < -0.3 is 19.5 Å². The fourth-order valence-corrected chi connectivity index (χ4v) is 5.40. The van der Waals surface area contributed by atoms with Crippen LogP contribution < -0.4 is 10.1 Å². The molecule has 2 aromatic carbocycles. The normalized spacial score (nSPS) is 20.7. The van der Waals surface area contributed by atoms with Gasteiger partial charge in [-0.1, -0.05) is 29.8 Å². The summed E-state index contributed by atoms with van der Waals surface area (Å²) in [6, 6.07) is 9.91. The topological polar surface area (TPSA) is 72.3 Å². The van der Waals surface area contributed by atoms with Gasteiger partial charge in [0.15, 0.2) is 5.82 Å². The van der Waals surface area contributed by atoms with Gasteiger partial charge in [-0.25, -0.2) is 4.79 Å². The number of nitrogens with zero attached hydrogens (tertiary/aromatic N) is 4. The van der Waals surface area contributed by atoms with Crippen molar-refractivity contribution in [3.8, 4) is 5.75 Å². The third kappa shape index (κ3) is 5.32. The molecule has 2 amide bonds. The molecule has 0 spiro atoms. The number of hydrogen-bond donors (Lipinski definition) is 1. The maximum absolute atomic E-state index is 13.6. The molecule has 0 saturated carbocycles. The minimum absolute atomic E-state index is 0.137. The summed E-state index contributed by atoms with van der Waals surface area (Å²) in [4.78, 5) is 15.3. The first-order valence-electron chi connectivity index (χ1n) is 12.5. The Bertz CT molecular complexity index is 1340. The summed E-state index contributed by atoms with van der Waals surface area (Å²) in [5, 5.41) is 12.4. The molecule has 0 bridgehead atoms. The lowest BCUT2D eigenvalue weighted by Crippen LogP contribution is -2.46. The standard InChI is InChI=1S/C27H29ClF3N5O2/c1-16-33-34-24(36(16)15-17-6-9-19(28)10-7-17)22-5-4-12-35(22)25(37)32-21-14-26(2,3)38-23-13-18(27(29,30)31)8-11-20(21)23/h6-11,13,21-22H,4-5,12,14-15H2,1-3H3,(H,32,37)/t21-,22?/m0/s1. The van der Waals surface area contributed by atoms with Crippen molar-refractivity contribution < 1.29 is 22.7 Å². The molecule has 1 unspecified atom stereocenters. The fourth-order valence-electron chi connectivity index (χ4n) is 5.28. The third-order valence-corrected chi connectivity index (χ3v) is 7.38. The molecule has 1 N–H and O–H groups in total. The smallest absolute Gasteiger partial charge is 0.416 e. The SMILES string of the molecule is Cc1nnc(C2CCCN2C(=O)N[C@H]2CC(C)(C)Oc3cc(C(F)(F)F)ccc32)n1Cc1ccc(Cl)cc1. The number of fused-ring (bicyclic) bond motifs is 1. The molecule has 0 radical (unpaired) electrons. The first kappa shape index (κ1) is 26.3. The number of amides is 2. The monoisotopic (exact) mass is 547 g/mol. The highest BCUT2D eigenvalue weighted by atomic mass is 35.5. The van der Waals surface area contributed by atoms with Gasteiger partial charge in [0.1, 0.15) is 17.2 Å². The van der Waals surface area contributed by atoms with Crippen molar-refractivity contribution in [2.45, 2.75) is 70.4 Å². The van der Waals surface area contributed by atoms with E-state index in [1.807, 2.05) is 35.8 Å². The molecule has 11 heteroatoms. The summed E-state index contributed by atoms with van der Waals surface area (Å²) in [5.41, 5.74) is 0.0270. The van der Waals surface area contributed by atoms with E-state index in [1.165, 1.54) is 6.07 Å². The highest BCUT2D eigenvalue weighted by Gasteiger charge is 2.40. The Morgan fingerprint density at radius 1 is 1.18 bits per heavy atom. The van der Waals surface area contributed by atoms with E-state index in [-0.39, 0.29) is 17.8 Å². The minimum atomic E-state index is -4.48. The molecule has 0 aliphatic carbocycles. The van der Waals surface area contributed by atoms with E-state index in [0.717, 1.165) is 36.4 Å². The molecular weight excluding hydrogens is 519 g/mol. The molecule has 1 saturated heterocycles. The summed E-state index contributed by atoms with van der Waals surface area (Å²) in [6.07, 6.45) is -2.53. The first-order valence-corrected chi connectivity index (χ1v) is 12.9. The summed E-state index contributed by atoms with van der Waals surface area (Å²) in [7, 11) is 0. The summed E-state index contributed by atoms with van der Waals surface area (Å²) >= 11 is 6.03. The predicted molar refractivity (Wildman–Crippen MR) is 136 cm³/mol. The van der Waals surface area contributed by atoms with E-state index in [4.69, 9.17) is 16.3 Å². The van der Waals surface area contributed by atoms with E-state index in [1.54, 1.807) is 18.7 Å². The van der Waals surface area contributed by atoms with Crippen LogP contribution in [0.3, 0.4) is 0 Å². The third-order valence-electron chi connectivity index (χ3n) is 7.13. The zero-order chi connectivity index (χ0) is 27.2. The summed E-state index contributed by atoms with van der Waals surface area (Å²) in [6.45, 7) is 6.56. The Balaban J connectivity index is 1.38. The summed E-state index contributed by atoms with van der Waals surface area (Å²) in [5.74, 6) is 1.58. The van der Waals surface area contributed by atoms with Crippen molar-refractivity contribution >= 4 is 17.6 Å². The first-order chi connectivity index (χ1) is 17.9. The quantitative estimate of drug-likeness (QED) is 0.407. The number of carbonyl (C=O) groups is 1. The average Bonchev–Trinajstić information content (AvgIpc) is 3.46. The Morgan fingerprint density at radius 2 is 1.92 bits per heavy atom. The van der Waals surface area contributed by atoms with E-state index < -0.39 is 23.4 Å². The predicted octanol–water partition coefficient (Wildman–Crippen LogP) is 6.46. The van der Waals surface area contributed by atoms with Crippen molar-refractivity contribution in [1.82, 2.24) is 25.0 Å². The molecule has 1 fully saturated rings. The lowest BCUT2D eigenvalue weighted by atomic mass is 9.89. The second kappa shape index (κ2) is 9.80. The van der Waals surface area contributed by atoms with Gasteiger partial charge in [0, 0.05) is 23.6 Å². The zero-order valence-electron chi connectivity index (χ0n) is 21.3. The van der Waals surface area contributed by atoms with Crippen LogP contribution in [0.25, 0.3) is 0 Å². The van der Waals surface area contributed by atoms with Crippen molar-refractivity contribution in [2.24, 2.45) is 0 Å². The van der Waals surface area contributed by atoms with E-state index >= 15 is 0 Å². The van der Waals surface area contributed by atoms with Crippen LogP contribution in [0.1, 0.15) is 73.5 Å². The number of ether oxygens (including phenoxy) is 1. The fraction of sp³-hybridized carbons (Fsp3) is 0.444. The number of rotatable bonds is 4. The van der Waals surface area contributed by atoms with Crippen LogP contribution in [0.4, 0.5) is 18.0 Å². The average molecular weight is 548 g/mol. The van der Waals surface area contributed by atoms with Crippen LogP contribution >= 0.6 is 11.6 Å². The van der Waals surface area contributed by atoms with Crippen LogP contribution in [-0.4, -0.2) is 37.8 Å². The van der Waals surface area contributed by atoms with Gasteiger partial charge in [-0.3, -0.25) is 0 Å². The lowest BCUT2D eigenvalue weighted by molar-refractivity contribution is -0.137. The Kier molecular flexibility index (Phi) is 6.79. The Labute approximate surface area is 223 Å². The van der Waals surface area contributed by atoms with Gasteiger partial charge in [0.25, 0.3) is 0 Å². The number of aromatic nitrogens is 3. The van der Waals surface area contributed by atoms with Crippen molar-refractivity contribution in [1.29, 1.82) is 0 Å². The molecule has 5 rings (SSSR count). The molecule has 2 aliphatic rings. The molecular formula is C27H29ClF3N5O2. The van der Waals surface area contributed by atoms with Crippen LogP contribution in [0.2, 0.25) is 5.02 Å². The van der Waals surface area contributed by atoms with Crippen molar-refractivity contribution in [3.63, 3.8) is 0 Å². The number of carbonyl (C=O) groups excluding carboxylic acids is 1. The Morgan fingerprint density at radius 3 is 2.63 bits per heavy atom. The van der Waals surface area contributed by atoms with Crippen molar-refractivity contribution in [3.05, 3.63) is 75.8 Å². The van der Waals surface area contributed by atoms with E-state index in [9.17, 15) is 18.0 Å². The molecule has 2 aliphatic heterocycles. The maximum atomic E-state index is 13.6. The van der Waals surface area contributed by atoms with Gasteiger partial charge >= 0.3 is 12.2 Å². The largest absolute Gasteiger partial charge is 0.487 e. The minimum Gasteiger partial charge on any atom is -0.487 e. The molecule has 2 atom stereocenters. The second-order valence-corrected chi connectivity index (χ2v) is 10.9. The van der Waals surface area contributed by atoms with Gasteiger partial charge in [-0.15, -0.1) is 10.2 Å². The van der Waals surface area contributed by atoms with Crippen molar-refractivity contribution in [2.75, 3.05) is 6.54 Å². The number of aryl methyl sites for hydroxylation is 1. The molecule has 202 valence electrons. The number of benzene rings is 2. The second-order valence-electron chi connectivity index (χ2n) is 10.5. The Hall–Kier alpha value is -3.27. The number of hydrogen-bond acceptors (Lipinski definition) is 4. The molecule has 7 nitrogen and oxygen atoms in total. The molecule has 3 heterocycles. The highest BCUT2D eigenvalue weighted by molar-refractivity contribution is 6.30. The lowest BCUT2D eigenvalue weighted by Gasteiger charge is -2.39. The number of nitrogens with one attached hydrogen (secondary N) is 1. The van der Waals surface area contributed by atoms with Gasteiger partial charge in [0.05, 0.1) is 24.2 Å². The maximum Gasteiger partial charge on any atom is 0.416 e. The van der Waals surface area contributed by atoms with E-state index in [0.29, 0.717) is 35.9 Å². The van der Waals surface area contributed by atoms with Gasteiger partial charge in [-0.2, -0.15) is 13.2 Å². The van der Waals surface area contributed by atoms with Crippen LogP contribution in [-0.2, 0) is 12.7 Å². The molecule has 3 aromatic rings. The van der Waals surface area contributed by atoms with Gasteiger partial charge in [0.2, 0.25) is 0 Å². The molecule has 38 heavy (non-hydrogen) atoms. The van der Waals surface area contributed by atoms with E-state index in [2.05, 4.69) is 15.5 Å². The van der Waals surface area contributed by atoms with Crippen LogP contribution in [0, 0.1) is 6.92 Å². The molecule has 1 aromatic heterocycles.